The molecule has 0 spiro atoms. The van der Waals surface area contributed by atoms with Crippen LogP contribution in [-0.2, 0) is 9.84 Å². The Bertz CT molecular complexity index is 1200. The summed E-state index contributed by atoms with van der Waals surface area (Å²) < 4.78 is 25.7. The lowest BCUT2D eigenvalue weighted by atomic mass is 10.2. The maximum absolute atomic E-state index is 12.8. The number of sulfone groups is 1. The predicted molar refractivity (Wildman–Crippen MR) is 118 cm³/mol. The number of H-pyrrole nitrogens is 1. The van der Waals surface area contributed by atoms with Crippen molar-refractivity contribution in [1.29, 1.82) is 0 Å². The van der Waals surface area contributed by atoms with E-state index in [2.05, 4.69) is 15.2 Å². The average Bonchev–Trinajstić information content (AvgIpc) is 3.38. The number of halogens is 1. The number of ketones is 1. The second-order valence-corrected chi connectivity index (χ2v) is 11.0. The van der Waals surface area contributed by atoms with Crippen LogP contribution in [-0.4, -0.2) is 51.2 Å². The fourth-order valence-electron chi connectivity index (χ4n) is 3.86. The van der Waals surface area contributed by atoms with E-state index in [1.54, 1.807) is 12.1 Å². The SMILES string of the molecule is Cc1cc(C(=O)CSc2n[nH]c(-c3ccc(Cl)cc3)n2)c(C)n1C1CCS(=O)(=O)C1. The first kappa shape index (κ1) is 21.1. The highest BCUT2D eigenvalue weighted by Crippen LogP contribution is 2.30. The molecule has 1 unspecified atom stereocenters. The van der Waals surface area contributed by atoms with Crippen molar-refractivity contribution >= 4 is 39.0 Å². The van der Waals surface area contributed by atoms with Crippen molar-refractivity contribution in [3.63, 3.8) is 0 Å². The summed E-state index contributed by atoms with van der Waals surface area (Å²) in [6.45, 7) is 3.79. The highest BCUT2D eigenvalue weighted by atomic mass is 35.5. The van der Waals surface area contributed by atoms with E-state index in [4.69, 9.17) is 11.6 Å². The maximum Gasteiger partial charge on any atom is 0.209 e. The second-order valence-electron chi connectivity index (χ2n) is 7.40. The highest BCUT2D eigenvalue weighted by Gasteiger charge is 2.31. The van der Waals surface area contributed by atoms with Gasteiger partial charge in [0.15, 0.2) is 21.4 Å². The molecule has 10 heteroatoms. The minimum absolute atomic E-state index is 0.0296. The van der Waals surface area contributed by atoms with Crippen LogP contribution >= 0.6 is 23.4 Å². The van der Waals surface area contributed by atoms with E-state index >= 15 is 0 Å². The lowest BCUT2D eigenvalue weighted by molar-refractivity contribution is 0.102. The predicted octanol–water partition coefficient (Wildman–Crippen LogP) is 3.88. The van der Waals surface area contributed by atoms with Gasteiger partial charge in [-0.3, -0.25) is 9.89 Å². The van der Waals surface area contributed by atoms with Crippen LogP contribution in [0.2, 0.25) is 5.02 Å². The van der Waals surface area contributed by atoms with Crippen molar-refractivity contribution in [3.05, 3.63) is 52.3 Å². The third-order valence-electron chi connectivity index (χ3n) is 5.27. The summed E-state index contributed by atoms with van der Waals surface area (Å²) in [7, 11) is -2.99. The van der Waals surface area contributed by atoms with Crippen molar-refractivity contribution in [3.8, 4) is 11.4 Å². The Kier molecular flexibility index (Phi) is 5.78. The van der Waals surface area contributed by atoms with Crippen LogP contribution in [0.25, 0.3) is 11.4 Å². The van der Waals surface area contributed by atoms with E-state index in [1.807, 2.05) is 36.6 Å². The van der Waals surface area contributed by atoms with Crippen LogP contribution in [0.4, 0.5) is 0 Å². The first-order chi connectivity index (χ1) is 14.2. The van der Waals surface area contributed by atoms with Gasteiger partial charge in [-0.05, 0) is 50.6 Å². The maximum atomic E-state index is 12.8. The summed E-state index contributed by atoms with van der Waals surface area (Å²) in [6, 6.07) is 9.00. The van der Waals surface area contributed by atoms with Gasteiger partial charge in [0.1, 0.15) is 0 Å². The molecule has 1 atom stereocenters. The Balaban J connectivity index is 1.45. The molecule has 1 saturated heterocycles. The number of carbonyl (C=O) groups is 1. The molecule has 1 aromatic carbocycles. The van der Waals surface area contributed by atoms with Crippen LogP contribution in [0, 0.1) is 13.8 Å². The molecule has 0 aliphatic carbocycles. The zero-order chi connectivity index (χ0) is 21.5. The number of aryl methyl sites for hydroxylation is 1. The average molecular weight is 465 g/mol. The van der Waals surface area contributed by atoms with Crippen molar-refractivity contribution < 1.29 is 13.2 Å². The molecule has 30 heavy (non-hydrogen) atoms. The molecule has 158 valence electrons. The van der Waals surface area contributed by atoms with Crippen molar-refractivity contribution in [1.82, 2.24) is 19.7 Å². The van der Waals surface area contributed by atoms with Gasteiger partial charge in [-0.25, -0.2) is 13.4 Å². The van der Waals surface area contributed by atoms with E-state index in [9.17, 15) is 13.2 Å². The van der Waals surface area contributed by atoms with Gasteiger partial charge in [-0.1, -0.05) is 23.4 Å². The number of Topliss-reactive ketones (excluding diaryl/α,β-unsaturated/α-hetero) is 1. The number of carbonyl (C=O) groups excluding carboxylic acids is 1. The second kappa shape index (κ2) is 8.20. The number of aromatic amines is 1. The molecule has 0 bridgehead atoms. The monoisotopic (exact) mass is 464 g/mol. The lowest BCUT2D eigenvalue weighted by Gasteiger charge is -2.16. The summed E-state index contributed by atoms with van der Waals surface area (Å²) in [5.74, 6) is 1.12. The molecule has 7 nitrogen and oxygen atoms in total. The van der Waals surface area contributed by atoms with Gasteiger partial charge in [-0.15, -0.1) is 5.10 Å². The number of thioether (sulfide) groups is 1. The number of hydrogen-bond acceptors (Lipinski definition) is 6. The van der Waals surface area contributed by atoms with Crippen LogP contribution < -0.4 is 0 Å². The first-order valence-corrected chi connectivity index (χ1v) is 12.7. The van der Waals surface area contributed by atoms with Crippen LogP contribution in [0.1, 0.15) is 34.2 Å². The normalized spacial score (nSPS) is 18.0. The standard InChI is InChI=1S/C20H21ClN4O3S2/c1-12-9-17(13(2)25(12)16-7-8-30(27,28)11-16)18(26)10-29-20-22-19(23-24-20)14-3-5-15(21)6-4-14/h3-6,9,16H,7-8,10-11H2,1-2H3,(H,22,23,24). The van der Waals surface area contributed by atoms with Gasteiger partial charge in [0, 0.05) is 33.6 Å². The van der Waals surface area contributed by atoms with Gasteiger partial charge in [0.25, 0.3) is 0 Å². The fraction of sp³-hybridized carbons (Fsp3) is 0.350. The zero-order valence-corrected chi connectivity index (χ0v) is 18.9. The topological polar surface area (TPSA) is 97.7 Å². The highest BCUT2D eigenvalue weighted by molar-refractivity contribution is 7.99. The van der Waals surface area contributed by atoms with Crippen molar-refractivity contribution in [2.24, 2.45) is 0 Å². The minimum atomic E-state index is -2.99. The number of hydrogen-bond donors (Lipinski definition) is 1. The van der Waals surface area contributed by atoms with Crippen LogP contribution in [0.15, 0.2) is 35.5 Å². The van der Waals surface area contributed by atoms with Gasteiger partial charge >= 0.3 is 0 Å². The molecule has 0 saturated carbocycles. The molecule has 1 fully saturated rings. The summed E-state index contributed by atoms with van der Waals surface area (Å²) in [5, 5.41) is 8.19. The van der Waals surface area contributed by atoms with E-state index in [0.717, 1.165) is 17.0 Å². The third-order valence-corrected chi connectivity index (χ3v) is 8.12. The van der Waals surface area contributed by atoms with Gasteiger partial charge < -0.3 is 4.57 Å². The largest absolute Gasteiger partial charge is 0.344 e. The summed E-state index contributed by atoms with van der Waals surface area (Å²) >= 11 is 7.17. The summed E-state index contributed by atoms with van der Waals surface area (Å²) in [5.41, 5.74) is 3.21. The first-order valence-electron chi connectivity index (χ1n) is 9.47. The van der Waals surface area contributed by atoms with Crippen molar-refractivity contribution in [2.45, 2.75) is 31.5 Å². The zero-order valence-electron chi connectivity index (χ0n) is 16.6. The Hall–Kier alpha value is -2.10. The lowest BCUT2D eigenvalue weighted by Crippen LogP contribution is -2.14. The van der Waals surface area contributed by atoms with Gasteiger partial charge in [0.05, 0.1) is 17.3 Å². The van der Waals surface area contributed by atoms with Crippen LogP contribution in [0.5, 0.6) is 0 Å². The molecule has 3 aromatic rings. The fourth-order valence-corrected chi connectivity index (χ4v) is 6.36. The molecule has 1 aliphatic rings. The molecule has 2 aromatic heterocycles. The molecular formula is C20H21ClN4O3S2. The van der Waals surface area contributed by atoms with E-state index in [0.29, 0.717) is 28.0 Å². The Morgan fingerprint density at radius 1 is 1.30 bits per heavy atom. The van der Waals surface area contributed by atoms with Crippen molar-refractivity contribution in [2.75, 3.05) is 17.3 Å². The summed E-state index contributed by atoms with van der Waals surface area (Å²) in [6.07, 6.45) is 0.589. The van der Waals surface area contributed by atoms with E-state index < -0.39 is 9.84 Å². The summed E-state index contributed by atoms with van der Waals surface area (Å²) in [4.78, 5) is 17.3. The number of nitrogens with one attached hydrogen (secondary N) is 1. The number of aromatic nitrogens is 4. The molecule has 1 aliphatic heterocycles. The number of nitrogens with zero attached hydrogens (tertiary/aromatic N) is 3. The molecular weight excluding hydrogens is 444 g/mol. The Morgan fingerprint density at radius 3 is 2.70 bits per heavy atom. The number of benzene rings is 1. The van der Waals surface area contributed by atoms with Crippen LogP contribution in [0.3, 0.4) is 0 Å². The molecule has 0 radical (unpaired) electrons. The molecule has 0 amide bonds. The molecule has 4 rings (SSSR count). The smallest absolute Gasteiger partial charge is 0.209 e. The van der Waals surface area contributed by atoms with E-state index in [1.165, 1.54) is 11.8 Å². The third kappa shape index (κ3) is 4.33. The van der Waals surface area contributed by atoms with Gasteiger partial charge in [0.2, 0.25) is 5.16 Å². The number of rotatable bonds is 6. The molecule has 3 heterocycles. The van der Waals surface area contributed by atoms with Gasteiger partial charge in [-0.2, -0.15) is 0 Å². The Labute approximate surface area is 184 Å². The quantitative estimate of drug-likeness (QED) is 0.439. The Morgan fingerprint density at radius 2 is 2.03 bits per heavy atom. The minimum Gasteiger partial charge on any atom is -0.344 e. The van der Waals surface area contributed by atoms with E-state index in [-0.39, 0.29) is 29.1 Å². The molecule has 1 N–H and O–H groups in total.